The summed E-state index contributed by atoms with van der Waals surface area (Å²) in [5.41, 5.74) is 0.916. The zero-order valence-corrected chi connectivity index (χ0v) is 11.8. The standard InChI is InChI=1S/C15H15NO5/c1-3-20-13-7-11(9-16)4-5-12(13)8-15(19)21-14(18)6-10(2)17/h4-5,7H,3,6,8H2,1-2H3. The van der Waals surface area contributed by atoms with E-state index in [1.54, 1.807) is 19.1 Å². The molecule has 0 unspecified atom stereocenters. The van der Waals surface area contributed by atoms with Gasteiger partial charge in [0.2, 0.25) is 0 Å². The lowest BCUT2D eigenvalue weighted by molar-refractivity contribution is -0.159. The van der Waals surface area contributed by atoms with Crippen LogP contribution in [0.1, 0.15) is 31.4 Å². The molecular formula is C15H15NO5. The number of nitriles is 1. The van der Waals surface area contributed by atoms with Crippen LogP contribution >= 0.6 is 0 Å². The van der Waals surface area contributed by atoms with E-state index in [2.05, 4.69) is 4.74 Å². The van der Waals surface area contributed by atoms with Crippen LogP contribution in [0.4, 0.5) is 0 Å². The number of hydrogen-bond donors (Lipinski definition) is 0. The smallest absolute Gasteiger partial charge is 0.320 e. The fraction of sp³-hybridized carbons (Fsp3) is 0.333. The minimum absolute atomic E-state index is 0.176. The maximum Gasteiger partial charge on any atom is 0.320 e. The second kappa shape index (κ2) is 7.80. The molecule has 1 rings (SSSR count). The molecule has 0 aliphatic heterocycles. The van der Waals surface area contributed by atoms with Crippen LogP contribution in [0.5, 0.6) is 5.75 Å². The van der Waals surface area contributed by atoms with Gasteiger partial charge < -0.3 is 9.47 Å². The Kier molecular flexibility index (Phi) is 6.08. The maximum atomic E-state index is 11.6. The van der Waals surface area contributed by atoms with Crippen molar-refractivity contribution in [2.24, 2.45) is 0 Å². The van der Waals surface area contributed by atoms with Gasteiger partial charge in [-0.3, -0.25) is 14.4 Å². The molecule has 0 aliphatic carbocycles. The van der Waals surface area contributed by atoms with E-state index in [4.69, 9.17) is 10.00 Å². The summed E-state index contributed by atoms with van der Waals surface area (Å²) in [6.07, 6.45) is -0.609. The molecule has 0 fully saturated rings. The molecule has 0 radical (unpaired) electrons. The lowest BCUT2D eigenvalue weighted by Gasteiger charge is -2.10. The minimum Gasteiger partial charge on any atom is -0.494 e. The molecule has 0 amide bonds. The van der Waals surface area contributed by atoms with Crippen molar-refractivity contribution in [1.82, 2.24) is 0 Å². The average molecular weight is 289 g/mol. The normalized spacial score (nSPS) is 9.57. The predicted octanol–water partition coefficient (Wildman–Crippen LogP) is 1.55. The van der Waals surface area contributed by atoms with Gasteiger partial charge in [0.15, 0.2) is 0 Å². The molecule has 0 aliphatic rings. The molecule has 0 heterocycles. The molecule has 21 heavy (non-hydrogen) atoms. The quantitative estimate of drug-likeness (QED) is 0.582. The molecule has 0 saturated heterocycles. The van der Waals surface area contributed by atoms with Crippen molar-refractivity contribution < 1.29 is 23.9 Å². The van der Waals surface area contributed by atoms with Crippen LogP contribution in [0.25, 0.3) is 0 Å². The molecule has 6 nitrogen and oxygen atoms in total. The number of nitrogens with zero attached hydrogens (tertiary/aromatic N) is 1. The first-order chi connectivity index (χ1) is 9.96. The molecule has 0 aromatic heterocycles. The van der Waals surface area contributed by atoms with Gasteiger partial charge in [0.1, 0.15) is 18.0 Å². The highest BCUT2D eigenvalue weighted by Gasteiger charge is 2.15. The fourth-order valence-electron chi connectivity index (χ4n) is 1.62. The van der Waals surface area contributed by atoms with E-state index < -0.39 is 18.4 Å². The third-order valence-electron chi connectivity index (χ3n) is 2.45. The summed E-state index contributed by atoms with van der Waals surface area (Å²) < 4.78 is 9.89. The number of rotatable bonds is 6. The third-order valence-corrected chi connectivity index (χ3v) is 2.45. The minimum atomic E-state index is -0.876. The van der Waals surface area contributed by atoms with Crippen molar-refractivity contribution in [3.63, 3.8) is 0 Å². The van der Waals surface area contributed by atoms with Gasteiger partial charge in [-0.1, -0.05) is 6.07 Å². The van der Waals surface area contributed by atoms with Crippen LogP contribution in [0.15, 0.2) is 18.2 Å². The van der Waals surface area contributed by atoms with E-state index in [0.717, 1.165) is 0 Å². The Morgan fingerprint density at radius 1 is 1.24 bits per heavy atom. The third kappa shape index (κ3) is 5.45. The second-order valence-corrected chi connectivity index (χ2v) is 4.27. The average Bonchev–Trinajstić information content (AvgIpc) is 2.39. The predicted molar refractivity (Wildman–Crippen MR) is 72.4 cm³/mol. The molecule has 6 heteroatoms. The Labute approximate surface area is 122 Å². The molecule has 0 spiro atoms. The van der Waals surface area contributed by atoms with Gasteiger partial charge in [0.25, 0.3) is 0 Å². The van der Waals surface area contributed by atoms with Crippen LogP contribution in [0.2, 0.25) is 0 Å². The summed E-state index contributed by atoms with van der Waals surface area (Å²) in [4.78, 5) is 33.6. The molecule has 0 atom stereocenters. The van der Waals surface area contributed by atoms with Crippen LogP contribution < -0.4 is 4.74 Å². The van der Waals surface area contributed by atoms with E-state index in [-0.39, 0.29) is 12.2 Å². The Balaban J connectivity index is 2.77. The fourth-order valence-corrected chi connectivity index (χ4v) is 1.62. The maximum absolute atomic E-state index is 11.6. The van der Waals surface area contributed by atoms with Crippen LogP contribution in [-0.4, -0.2) is 24.3 Å². The first-order valence-electron chi connectivity index (χ1n) is 6.35. The number of carbonyl (C=O) groups is 3. The summed E-state index contributed by atoms with van der Waals surface area (Å²) >= 11 is 0. The Morgan fingerprint density at radius 3 is 2.52 bits per heavy atom. The first-order valence-corrected chi connectivity index (χ1v) is 6.35. The largest absolute Gasteiger partial charge is 0.494 e. The number of ketones is 1. The van der Waals surface area contributed by atoms with Crippen molar-refractivity contribution >= 4 is 17.7 Å². The number of benzene rings is 1. The zero-order chi connectivity index (χ0) is 15.8. The van der Waals surface area contributed by atoms with E-state index >= 15 is 0 Å². The summed E-state index contributed by atoms with van der Waals surface area (Å²) in [6, 6.07) is 6.60. The summed E-state index contributed by atoms with van der Waals surface area (Å²) in [5, 5.41) is 8.83. The van der Waals surface area contributed by atoms with Crippen molar-refractivity contribution in [2.75, 3.05) is 6.61 Å². The Hall–Kier alpha value is -2.68. The molecular weight excluding hydrogens is 274 g/mol. The molecule has 0 bridgehead atoms. The van der Waals surface area contributed by atoms with E-state index in [9.17, 15) is 14.4 Å². The number of esters is 2. The van der Waals surface area contributed by atoms with Gasteiger partial charge in [-0.05, 0) is 26.0 Å². The van der Waals surface area contributed by atoms with Crippen molar-refractivity contribution in [3.8, 4) is 11.8 Å². The van der Waals surface area contributed by atoms with Crippen LogP contribution in [-0.2, 0) is 25.5 Å². The topological polar surface area (TPSA) is 93.5 Å². The van der Waals surface area contributed by atoms with E-state index in [0.29, 0.717) is 23.5 Å². The van der Waals surface area contributed by atoms with Crippen molar-refractivity contribution in [1.29, 1.82) is 5.26 Å². The van der Waals surface area contributed by atoms with Crippen LogP contribution in [0, 0.1) is 11.3 Å². The van der Waals surface area contributed by atoms with Gasteiger partial charge in [0.05, 0.1) is 24.7 Å². The van der Waals surface area contributed by atoms with E-state index in [1.165, 1.54) is 13.0 Å². The lowest BCUT2D eigenvalue weighted by Crippen LogP contribution is -2.17. The lowest BCUT2D eigenvalue weighted by atomic mass is 10.1. The van der Waals surface area contributed by atoms with Crippen molar-refractivity contribution in [2.45, 2.75) is 26.7 Å². The van der Waals surface area contributed by atoms with Gasteiger partial charge in [-0.15, -0.1) is 0 Å². The molecule has 1 aromatic carbocycles. The molecule has 1 aromatic rings. The first kappa shape index (κ1) is 16.4. The Bertz CT molecular complexity index is 601. The van der Waals surface area contributed by atoms with E-state index in [1.807, 2.05) is 6.07 Å². The number of carbonyl (C=O) groups excluding carboxylic acids is 3. The Morgan fingerprint density at radius 2 is 1.95 bits per heavy atom. The number of ether oxygens (including phenoxy) is 2. The van der Waals surface area contributed by atoms with Crippen molar-refractivity contribution in [3.05, 3.63) is 29.3 Å². The van der Waals surface area contributed by atoms with Crippen LogP contribution in [0.3, 0.4) is 0 Å². The van der Waals surface area contributed by atoms with Gasteiger partial charge >= 0.3 is 11.9 Å². The highest BCUT2D eigenvalue weighted by atomic mass is 16.6. The van der Waals surface area contributed by atoms with Gasteiger partial charge in [-0.2, -0.15) is 5.26 Å². The summed E-state index contributed by atoms with van der Waals surface area (Å²) in [6.45, 7) is 3.39. The molecule has 110 valence electrons. The summed E-state index contributed by atoms with van der Waals surface area (Å²) in [7, 11) is 0. The van der Waals surface area contributed by atoms with Gasteiger partial charge in [0, 0.05) is 5.56 Å². The molecule has 0 saturated carbocycles. The highest BCUT2D eigenvalue weighted by molar-refractivity contribution is 5.98. The highest BCUT2D eigenvalue weighted by Crippen LogP contribution is 2.21. The second-order valence-electron chi connectivity index (χ2n) is 4.27. The zero-order valence-electron chi connectivity index (χ0n) is 11.8. The summed E-state index contributed by atoms with van der Waals surface area (Å²) in [5.74, 6) is -1.63. The molecule has 0 N–H and O–H groups in total. The number of Topliss-reactive ketones (excluding diaryl/α,β-unsaturated/α-hetero) is 1. The SMILES string of the molecule is CCOc1cc(C#N)ccc1CC(=O)OC(=O)CC(C)=O. The number of hydrogen-bond acceptors (Lipinski definition) is 6. The monoisotopic (exact) mass is 289 g/mol. The van der Waals surface area contributed by atoms with Gasteiger partial charge in [-0.25, -0.2) is 0 Å².